The number of benzene rings is 1. The largest absolute Gasteiger partial charge is 0.332 e. The minimum atomic E-state index is -0.924. The molecule has 0 atom stereocenters. The van der Waals surface area contributed by atoms with Crippen molar-refractivity contribution in [3.05, 3.63) is 58.5 Å². The first-order valence-electron chi connectivity index (χ1n) is 9.27. The van der Waals surface area contributed by atoms with Gasteiger partial charge >= 0.3 is 0 Å². The van der Waals surface area contributed by atoms with E-state index in [-0.39, 0.29) is 5.91 Å². The molecule has 3 heterocycles. The molecule has 0 saturated carbocycles. The lowest BCUT2D eigenvalue weighted by atomic mass is 10.0. The van der Waals surface area contributed by atoms with Gasteiger partial charge in [0, 0.05) is 35.5 Å². The molecule has 0 bridgehead atoms. The molecule has 4 rings (SSSR count). The van der Waals surface area contributed by atoms with Crippen molar-refractivity contribution in [3.8, 4) is 11.3 Å². The Labute approximate surface area is 161 Å². The normalized spacial score (nSPS) is 13.8. The molecule has 0 unspecified atom stereocenters. The number of hydrogen-bond donors (Lipinski definition) is 2. The first-order valence-corrected chi connectivity index (χ1v) is 9.27. The monoisotopic (exact) mass is 385 g/mol. The fraction of sp³-hybridized carbons (Fsp3) is 0.350. The maximum Gasteiger partial charge on any atom is 0.274 e. The second-order valence-electron chi connectivity index (χ2n) is 7.51. The van der Waals surface area contributed by atoms with Crippen LogP contribution in [0.3, 0.4) is 0 Å². The van der Waals surface area contributed by atoms with Crippen molar-refractivity contribution in [2.45, 2.75) is 33.2 Å². The van der Waals surface area contributed by atoms with Gasteiger partial charge in [-0.25, -0.2) is 8.78 Å². The smallest absolute Gasteiger partial charge is 0.274 e. The average molecular weight is 385 g/mol. The van der Waals surface area contributed by atoms with E-state index < -0.39 is 11.6 Å². The number of fused-ring (bicyclic) bond motifs is 1. The second-order valence-corrected chi connectivity index (χ2v) is 7.51. The summed E-state index contributed by atoms with van der Waals surface area (Å²) in [6.07, 6.45) is 1.44. The Bertz CT molecular complexity index is 1020. The Morgan fingerprint density at radius 3 is 2.75 bits per heavy atom. The molecule has 8 heteroatoms. The Morgan fingerprint density at radius 1 is 1.18 bits per heavy atom. The van der Waals surface area contributed by atoms with Gasteiger partial charge in [0.1, 0.15) is 5.69 Å². The molecule has 0 saturated heterocycles. The van der Waals surface area contributed by atoms with Gasteiger partial charge in [0.2, 0.25) is 0 Å². The van der Waals surface area contributed by atoms with Crippen LogP contribution in [-0.4, -0.2) is 37.7 Å². The minimum absolute atomic E-state index is 0.158. The third kappa shape index (κ3) is 3.42. The summed E-state index contributed by atoms with van der Waals surface area (Å²) in [6.45, 7) is 5.09. The quantitative estimate of drug-likeness (QED) is 0.722. The highest BCUT2D eigenvalue weighted by molar-refractivity contribution is 5.92. The zero-order valence-corrected chi connectivity index (χ0v) is 15.7. The molecule has 0 spiro atoms. The maximum absolute atomic E-state index is 13.6. The standard InChI is InChI=1S/C20H21F2N5O/c1-11(2)7-13-9-18(25-23-13)20(28)27-6-5-17-14(10-27)19(26-24-17)12-3-4-15(21)16(22)8-12/h3-4,8-9,11H,5-7,10H2,1-2H3,(H,23,25)(H,24,26). The van der Waals surface area contributed by atoms with Crippen LogP contribution in [0, 0.1) is 17.6 Å². The maximum atomic E-state index is 13.6. The summed E-state index contributed by atoms with van der Waals surface area (Å²) >= 11 is 0. The molecular formula is C20H21F2N5O. The van der Waals surface area contributed by atoms with Gasteiger partial charge in [0.25, 0.3) is 5.91 Å². The molecule has 1 aliphatic heterocycles. The first kappa shape index (κ1) is 18.3. The lowest BCUT2D eigenvalue weighted by Gasteiger charge is -2.26. The Hall–Kier alpha value is -3.03. The van der Waals surface area contributed by atoms with Gasteiger partial charge in [-0.3, -0.25) is 15.0 Å². The molecule has 2 aromatic heterocycles. The number of H-pyrrole nitrogens is 2. The Balaban J connectivity index is 1.57. The number of carbonyl (C=O) groups excluding carboxylic acids is 1. The Morgan fingerprint density at radius 2 is 2.00 bits per heavy atom. The minimum Gasteiger partial charge on any atom is -0.332 e. The van der Waals surface area contributed by atoms with Crippen molar-refractivity contribution in [3.63, 3.8) is 0 Å². The van der Waals surface area contributed by atoms with E-state index in [0.717, 1.165) is 35.5 Å². The molecule has 1 aliphatic rings. The van der Waals surface area contributed by atoms with Gasteiger partial charge in [0.15, 0.2) is 11.6 Å². The number of nitrogens with one attached hydrogen (secondary N) is 2. The van der Waals surface area contributed by atoms with E-state index in [9.17, 15) is 13.6 Å². The summed E-state index contributed by atoms with van der Waals surface area (Å²) in [4.78, 5) is 14.6. The van der Waals surface area contributed by atoms with E-state index in [1.54, 1.807) is 11.0 Å². The predicted molar refractivity (Wildman–Crippen MR) is 99.5 cm³/mol. The van der Waals surface area contributed by atoms with Crippen LogP contribution in [0.5, 0.6) is 0 Å². The molecule has 0 fully saturated rings. The van der Waals surface area contributed by atoms with Gasteiger partial charge < -0.3 is 4.90 Å². The third-order valence-corrected chi connectivity index (χ3v) is 4.89. The van der Waals surface area contributed by atoms with E-state index in [1.807, 2.05) is 0 Å². The van der Waals surface area contributed by atoms with Crippen molar-refractivity contribution in [2.24, 2.45) is 5.92 Å². The van der Waals surface area contributed by atoms with Crippen LogP contribution >= 0.6 is 0 Å². The van der Waals surface area contributed by atoms with E-state index in [4.69, 9.17) is 0 Å². The first-order chi connectivity index (χ1) is 13.4. The molecule has 0 aliphatic carbocycles. The van der Waals surface area contributed by atoms with Crippen LogP contribution in [0.1, 0.15) is 41.3 Å². The SMILES string of the molecule is CC(C)Cc1cc(C(=O)N2CCc3[nH]nc(-c4ccc(F)c(F)c4)c3C2)n[nH]1. The van der Waals surface area contributed by atoms with Crippen molar-refractivity contribution < 1.29 is 13.6 Å². The molecular weight excluding hydrogens is 364 g/mol. The fourth-order valence-corrected chi connectivity index (χ4v) is 3.53. The number of amides is 1. The number of aromatic amines is 2. The number of aromatic nitrogens is 4. The fourth-order valence-electron chi connectivity index (χ4n) is 3.53. The van der Waals surface area contributed by atoms with Crippen LogP contribution in [0.25, 0.3) is 11.3 Å². The lowest BCUT2D eigenvalue weighted by Crippen LogP contribution is -2.36. The highest BCUT2D eigenvalue weighted by Gasteiger charge is 2.27. The summed E-state index contributed by atoms with van der Waals surface area (Å²) in [6, 6.07) is 5.49. The molecule has 1 amide bonds. The van der Waals surface area contributed by atoms with Gasteiger partial charge in [-0.1, -0.05) is 13.8 Å². The van der Waals surface area contributed by atoms with Crippen molar-refractivity contribution in [1.29, 1.82) is 0 Å². The topological polar surface area (TPSA) is 77.7 Å². The van der Waals surface area contributed by atoms with Crippen LogP contribution in [0.4, 0.5) is 8.78 Å². The van der Waals surface area contributed by atoms with Gasteiger partial charge in [0.05, 0.1) is 12.2 Å². The second kappa shape index (κ2) is 7.18. The summed E-state index contributed by atoms with van der Waals surface area (Å²) in [5.74, 6) is -1.52. The van der Waals surface area contributed by atoms with Crippen LogP contribution in [0.15, 0.2) is 24.3 Å². The number of halogens is 2. The lowest BCUT2D eigenvalue weighted by molar-refractivity contribution is 0.0728. The molecule has 0 radical (unpaired) electrons. The van der Waals surface area contributed by atoms with Gasteiger partial charge in [-0.05, 0) is 36.6 Å². The van der Waals surface area contributed by atoms with E-state index in [1.165, 1.54) is 6.07 Å². The van der Waals surface area contributed by atoms with E-state index in [0.29, 0.717) is 42.4 Å². The molecule has 1 aromatic carbocycles. The number of rotatable bonds is 4. The van der Waals surface area contributed by atoms with Crippen LogP contribution in [0.2, 0.25) is 0 Å². The average Bonchev–Trinajstić information content (AvgIpc) is 3.29. The van der Waals surface area contributed by atoms with E-state index in [2.05, 4.69) is 34.2 Å². The molecule has 2 N–H and O–H groups in total. The van der Waals surface area contributed by atoms with Crippen molar-refractivity contribution >= 4 is 5.91 Å². The summed E-state index contributed by atoms with van der Waals surface area (Å²) in [7, 11) is 0. The third-order valence-electron chi connectivity index (χ3n) is 4.89. The molecule has 3 aromatic rings. The van der Waals surface area contributed by atoms with Gasteiger partial charge in [-0.2, -0.15) is 10.2 Å². The number of nitrogens with zero attached hydrogens (tertiary/aromatic N) is 3. The molecule has 6 nitrogen and oxygen atoms in total. The number of carbonyl (C=O) groups is 1. The zero-order chi connectivity index (χ0) is 19.8. The van der Waals surface area contributed by atoms with Crippen LogP contribution < -0.4 is 0 Å². The van der Waals surface area contributed by atoms with Crippen LogP contribution in [-0.2, 0) is 19.4 Å². The summed E-state index contributed by atoms with van der Waals surface area (Å²) in [5.41, 5.74) is 4.06. The Kier molecular flexibility index (Phi) is 4.70. The molecule has 28 heavy (non-hydrogen) atoms. The molecule has 146 valence electrons. The predicted octanol–water partition coefficient (Wildman–Crippen LogP) is 3.48. The summed E-state index contributed by atoms with van der Waals surface area (Å²) < 4.78 is 26.9. The number of hydrogen-bond acceptors (Lipinski definition) is 3. The highest BCUT2D eigenvalue weighted by atomic mass is 19.2. The van der Waals surface area contributed by atoms with Crippen molar-refractivity contribution in [1.82, 2.24) is 25.3 Å². The highest BCUT2D eigenvalue weighted by Crippen LogP contribution is 2.29. The van der Waals surface area contributed by atoms with Gasteiger partial charge in [-0.15, -0.1) is 0 Å². The van der Waals surface area contributed by atoms with Crippen molar-refractivity contribution in [2.75, 3.05) is 6.54 Å². The summed E-state index contributed by atoms with van der Waals surface area (Å²) in [5, 5.41) is 14.3. The zero-order valence-electron chi connectivity index (χ0n) is 15.7. The van der Waals surface area contributed by atoms with E-state index >= 15 is 0 Å².